The number of fused-ring (bicyclic) bond motifs is 1. The quantitative estimate of drug-likeness (QED) is 0.834. The number of carbonyl (C=O) groups excluding carboxylic acids is 2. The highest BCUT2D eigenvalue weighted by molar-refractivity contribution is 7.20. The summed E-state index contributed by atoms with van der Waals surface area (Å²) in [5.41, 5.74) is 0. The van der Waals surface area contributed by atoms with E-state index in [0.29, 0.717) is 17.3 Å². The molecule has 0 radical (unpaired) electrons. The van der Waals surface area contributed by atoms with E-state index in [1.54, 1.807) is 6.07 Å². The normalized spacial score (nSPS) is 10.8. The van der Waals surface area contributed by atoms with Crippen molar-refractivity contribution < 1.29 is 14.3 Å². The standard InChI is InChI=1S/C16H19NO3S/c1-11(2)7-8-17-15(18)10-20-16(19)14-9-12-5-3-4-6-13(12)21-14/h3-6,9,11H,7-8,10H2,1-2H3,(H,17,18). The Hall–Kier alpha value is -1.88. The molecule has 1 heterocycles. The van der Waals surface area contributed by atoms with Gasteiger partial charge in [0.25, 0.3) is 5.91 Å². The Morgan fingerprint density at radius 2 is 2.05 bits per heavy atom. The van der Waals surface area contributed by atoms with Crippen LogP contribution in [0, 0.1) is 5.92 Å². The van der Waals surface area contributed by atoms with Gasteiger partial charge in [0.1, 0.15) is 4.88 Å². The number of carbonyl (C=O) groups is 2. The van der Waals surface area contributed by atoms with E-state index in [9.17, 15) is 9.59 Å². The maximum atomic E-state index is 11.9. The van der Waals surface area contributed by atoms with Gasteiger partial charge in [-0.2, -0.15) is 0 Å². The highest BCUT2D eigenvalue weighted by Gasteiger charge is 2.13. The third kappa shape index (κ3) is 4.56. The van der Waals surface area contributed by atoms with Crippen molar-refractivity contribution in [3.05, 3.63) is 35.2 Å². The maximum Gasteiger partial charge on any atom is 0.348 e. The number of thiophene rings is 1. The van der Waals surface area contributed by atoms with Crippen LogP contribution < -0.4 is 5.32 Å². The largest absolute Gasteiger partial charge is 0.451 e. The molecular formula is C16H19NO3S. The Morgan fingerprint density at radius 1 is 1.29 bits per heavy atom. The minimum absolute atomic E-state index is 0.231. The first kappa shape index (κ1) is 15.5. The summed E-state index contributed by atoms with van der Waals surface area (Å²) in [6.07, 6.45) is 0.913. The lowest BCUT2D eigenvalue weighted by Gasteiger charge is -2.07. The van der Waals surface area contributed by atoms with E-state index in [1.807, 2.05) is 24.3 Å². The van der Waals surface area contributed by atoms with Crippen LogP contribution in [0.5, 0.6) is 0 Å². The van der Waals surface area contributed by atoms with Crippen molar-refractivity contribution in [1.29, 1.82) is 0 Å². The molecule has 0 saturated carbocycles. The first-order valence-electron chi connectivity index (χ1n) is 6.98. The van der Waals surface area contributed by atoms with E-state index < -0.39 is 5.97 Å². The average Bonchev–Trinajstić information content (AvgIpc) is 2.88. The fourth-order valence-corrected chi connectivity index (χ4v) is 2.79. The maximum absolute atomic E-state index is 11.9. The second kappa shape index (κ2) is 7.22. The first-order valence-corrected chi connectivity index (χ1v) is 7.80. The molecule has 21 heavy (non-hydrogen) atoms. The minimum atomic E-state index is -0.449. The smallest absolute Gasteiger partial charge is 0.348 e. The number of amides is 1. The molecule has 1 amide bonds. The molecule has 0 aliphatic heterocycles. The van der Waals surface area contributed by atoms with Crippen LogP contribution >= 0.6 is 11.3 Å². The topological polar surface area (TPSA) is 55.4 Å². The molecule has 5 heteroatoms. The van der Waals surface area contributed by atoms with Gasteiger partial charge in [0, 0.05) is 11.2 Å². The van der Waals surface area contributed by atoms with Gasteiger partial charge < -0.3 is 10.1 Å². The SMILES string of the molecule is CC(C)CCNC(=O)COC(=O)c1cc2ccccc2s1. The number of benzene rings is 1. The zero-order chi connectivity index (χ0) is 15.2. The van der Waals surface area contributed by atoms with Crippen LogP contribution in [-0.4, -0.2) is 25.0 Å². The number of nitrogens with one attached hydrogen (secondary N) is 1. The Morgan fingerprint density at radius 3 is 2.76 bits per heavy atom. The molecule has 2 aromatic rings. The average molecular weight is 305 g/mol. The summed E-state index contributed by atoms with van der Waals surface area (Å²) in [7, 11) is 0. The Labute approximate surface area is 128 Å². The second-order valence-electron chi connectivity index (χ2n) is 5.26. The van der Waals surface area contributed by atoms with Gasteiger partial charge in [0.15, 0.2) is 6.61 Å². The van der Waals surface area contributed by atoms with Crippen molar-refractivity contribution in [2.24, 2.45) is 5.92 Å². The van der Waals surface area contributed by atoms with E-state index in [0.717, 1.165) is 16.5 Å². The van der Waals surface area contributed by atoms with Gasteiger partial charge in [-0.15, -0.1) is 11.3 Å². The number of ether oxygens (including phenoxy) is 1. The molecule has 0 atom stereocenters. The number of esters is 1. The fraction of sp³-hybridized carbons (Fsp3) is 0.375. The molecular weight excluding hydrogens is 286 g/mol. The van der Waals surface area contributed by atoms with Gasteiger partial charge >= 0.3 is 5.97 Å². The number of hydrogen-bond acceptors (Lipinski definition) is 4. The molecule has 1 aromatic carbocycles. The Bertz CT molecular complexity index is 600. The monoisotopic (exact) mass is 305 g/mol. The van der Waals surface area contributed by atoms with Crippen LogP contribution in [0.3, 0.4) is 0 Å². The van der Waals surface area contributed by atoms with Gasteiger partial charge in [-0.1, -0.05) is 32.0 Å². The first-order chi connectivity index (χ1) is 10.1. The third-order valence-electron chi connectivity index (χ3n) is 3.00. The van der Waals surface area contributed by atoms with Gasteiger partial charge in [0.05, 0.1) is 0 Å². The van der Waals surface area contributed by atoms with Crippen molar-refractivity contribution in [2.45, 2.75) is 20.3 Å². The van der Waals surface area contributed by atoms with E-state index in [2.05, 4.69) is 19.2 Å². The van der Waals surface area contributed by atoms with Crippen LogP contribution in [0.25, 0.3) is 10.1 Å². The molecule has 0 saturated heterocycles. The molecule has 0 fully saturated rings. The van der Waals surface area contributed by atoms with Crippen LogP contribution in [0.4, 0.5) is 0 Å². The number of rotatable bonds is 6. The van der Waals surface area contributed by atoms with E-state index >= 15 is 0 Å². The van der Waals surface area contributed by atoms with Crippen molar-refractivity contribution in [1.82, 2.24) is 5.32 Å². The Kier molecular flexibility index (Phi) is 5.33. The summed E-state index contributed by atoms with van der Waals surface area (Å²) in [5.74, 6) is -0.174. The summed E-state index contributed by atoms with van der Waals surface area (Å²) in [6.45, 7) is 4.56. The molecule has 0 unspecified atom stereocenters. The highest BCUT2D eigenvalue weighted by Crippen LogP contribution is 2.25. The van der Waals surface area contributed by atoms with Crippen LogP contribution in [-0.2, 0) is 9.53 Å². The van der Waals surface area contributed by atoms with Gasteiger partial charge in [-0.3, -0.25) is 4.79 Å². The molecule has 4 nitrogen and oxygen atoms in total. The highest BCUT2D eigenvalue weighted by atomic mass is 32.1. The lowest BCUT2D eigenvalue weighted by Crippen LogP contribution is -2.30. The minimum Gasteiger partial charge on any atom is -0.451 e. The number of hydrogen-bond donors (Lipinski definition) is 1. The summed E-state index contributed by atoms with van der Waals surface area (Å²) < 4.78 is 6.07. The molecule has 1 aromatic heterocycles. The lowest BCUT2D eigenvalue weighted by molar-refractivity contribution is -0.124. The van der Waals surface area contributed by atoms with Crippen molar-refractivity contribution in [2.75, 3.05) is 13.2 Å². The molecule has 1 N–H and O–H groups in total. The molecule has 0 bridgehead atoms. The zero-order valence-corrected chi connectivity index (χ0v) is 13.0. The van der Waals surface area contributed by atoms with E-state index in [-0.39, 0.29) is 12.5 Å². The van der Waals surface area contributed by atoms with Crippen molar-refractivity contribution >= 4 is 33.3 Å². The van der Waals surface area contributed by atoms with Crippen LogP contribution in [0.1, 0.15) is 29.9 Å². The van der Waals surface area contributed by atoms with Crippen LogP contribution in [0.2, 0.25) is 0 Å². The molecule has 0 spiro atoms. The fourth-order valence-electron chi connectivity index (χ4n) is 1.84. The predicted octanol–water partition coefficient (Wildman–Crippen LogP) is 3.22. The van der Waals surface area contributed by atoms with Crippen LogP contribution in [0.15, 0.2) is 30.3 Å². The molecule has 2 rings (SSSR count). The van der Waals surface area contributed by atoms with E-state index in [1.165, 1.54) is 11.3 Å². The van der Waals surface area contributed by atoms with Crippen molar-refractivity contribution in [3.8, 4) is 0 Å². The van der Waals surface area contributed by atoms with Gasteiger partial charge in [-0.25, -0.2) is 4.79 Å². The Balaban J connectivity index is 1.82. The molecule has 112 valence electrons. The van der Waals surface area contributed by atoms with Gasteiger partial charge in [-0.05, 0) is 29.9 Å². The second-order valence-corrected chi connectivity index (χ2v) is 6.34. The lowest BCUT2D eigenvalue weighted by atomic mass is 10.1. The molecule has 0 aliphatic carbocycles. The third-order valence-corrected chi connectivity index (χ3v) is 4.10. The summed E-state index contributed by atoms with van der Waals surface area (Å²) in [4.78, 5) is 24.0. The zero-order valence-electron chi connectivity index (χ0n) is 12.2. The van der Waals surface area contributed by atoms with Crippen molar-refractivity contribution in [3.63, 3.8) is 0 Å². The summed E-state index contributed by atoms with van der Waals surface area (Å²) in [6, 6.07) is 9.54. The predicted molar refractivity (Wildman–Crippen MR) is 84.6 cm³/mol. The summed E-state index contributed by atoms with van der Waals surface area (Å²) in [5, 5.41) is 3.74. The molecule has 0 aliphatic rings. The van der Waals surface area contributed by atoms with E-state index in [4.69, 9.17) is 4.74 Å². The summed E-state index contributed by atoms with van der Waals surface area (Å²) >= 11 is 1.37. The van der Waals surface area contributed by atoms with Gasteiger partial charge in [0.2, 0.25) is 0 Å².